The van der Waals surface area contributed by atoms with E-state index >= 15 is 0 Å². The van der Waals surface area contributed by atoms with Crippen LogP contribution in [0, 0.1) is 0 Å². The molecule has 1 saturated carbocycles. The summed E-state index contributed by atoms with van der Waals surface area (Å²) >= 11 is 0. The number of hydrogen-bond acceptors (Lipinski definition) is 3. The number of aromatic amines is 1. The highest BCUT2D eigenvalue weighted by Crippen LogP contribution is 2.29. The van der Waals surface area contributed by atoms with Gasteiger partial charge >= 0.3 is 0 Å². The Morgan fingerprint density at radius 1 is 0.929 bits per heavy atom. The molecular weight excluding hydrogens is 372 g/mol. The molecule has 28 heavy (non-hydrogen) atoms. The summed E-state index contributed by atoms with van der Waals surface area (Å²) in [5.41, 5.74) is 0.998. The molecule has 0 radical (unpaired) electrons. The molecule has 0 spiro atoms. The normalized spacial score (nSPS) is 15.9. The lowest BCUT2D eigenvalue weighted by atomic mass is 9.95. The van der Waals surface area contributed by atoms with E-state index in [2.05, 4.69) is 4.98 Å². The van der Waals surface area contributed by atoms with Crippen molar-refractivity contribution in [1.29, 1.82) is 0 Å². The average Bonchev–Trinajstić information content (AvgIpc) is 2.73. The third kappa shape index (κ3) is 3.75. The zero-order valence-corrected chi connectivity index (χ0v) is 16.5. The van der Waals surface area contributed by atoms with E-state index in [0.717, 1.165) is 43.0 Å². The summed E-state index contributed by atoms with van der Waals surface area (Å²) in [5.74, 6) is 0. The Kier molecular flexibility index (Phi) is 5.33. The molecule has 5 nitrogen and oxygen atoms in total. The molecule has 1 aromatic heterocycles. The smallest absolute Gasteiger partial charge is 0.252 e. The second-order valence-corrected chi connectivity index (χ2v) is 9.26. The minimum absolute atomic E-state index is 0.0789. The van der Waals surface area contributed by atoms with Gasteiger partial charge in [0.25, 0.3) is 5.56 Å². The summed E-state index contributed by atoms with van der Waals surface area (Å²) in [6, 6.07) is 17.8. The second kappa shape index (κ2) is 7.89. The van der Waals surface area contributed by atoms with Crippen molar-refractivity contribution in [3.63, 3.8) is 0 Å². The van der Waals surface area contributed by atoms with E-state index in [-0.39, 0.29) is 23.0 Å². The second-order valence-electron chi connectivity index (χ2n) is 7.37. The van der Waals surface area contributed by atoms with Crippen LogP contribution in [-0.2, 0) is 16.6 Å². The van der Waals surface area contributed by atoms with Crippen LogP contribution in [-0.4, -0.2) is 23.7 Å². The van der Waals surface area contributed by atoms with Gasteiger partial charge in [-0.15, -0.1) is 0 Å². The van der Waals surface area contributed by atoms with Gasteiger partial charge in [-0.1, -0.05) is 55.7 Å². The van der Waals surface area contributed by atoms with Gasteiger partial charge in [0.1, 0.15) is 0 Å². The maximum absolute atomic E-state index is 13.4. The molecular formula is C22H24N2O3S. The molecule has 1 aliphatic rings. The number of sulfonamides is 1. The number of hydrogen-bond donors (Lipinski definition) is 1. The third-order valence-electron chi connectivity index (χ3n) is 5.49. The van der Waals surface area contributed by atoms with Crippen LogP contribution in [0.2, 0.25) is 0 Å². The first-order chi connectivity index (χ1) is 13.6. The van der Waals surface area contributed by atoms with Crippen molar-refractivity contribution in [2.45, 2.75) is 49.6 Å². The SMILES string of the molecule is O=c1[nH]c2ccccc2cc1CN(C1CCCCC1)S(=O)(=O)c1ccccc1. The van der Waals surface area contributed by atoms with Crippen LogP contribution in [0.1, 0.15) is 37.7 Å². The van der Waals surface area contributed by atoms with Gasteiger partial charge in [0, 0.05) is 23.7 Å². The number of aromatic nitrogens is 1. The molecule has 0 amide bonds. The molecule has 0 saturated heterocycles. The molecule has 2 aromatic carbocycles. The molecule has 4 rings (SSSR count). The summed E-state index contributed by atoms with van der Waals surface area (Å²) in [4.78, 5) is 15.8. The maximum Gasteiger partial charge on any atom is 0.252 e. The van der Waals surface area contributed by atoms with Crippen molar-refractivity contribution < 1.29 is 8.42 Å². The standard InChI is InChI=1S/C22H24N2O3S/c25-22-18(15-17-9-7-8-14-21(17)23-22)16-24(19-10-3-1-4-11-19)28(26,27)20-12-5-2-6-13-20/h2,5-9,12-15,19H,1,3-4,10-11,16H2,(H,23,25). The largest absolute Gasteiger partial charge is 0.322 e. The average molecular weight is 397 g/mol. The first-order valence-electron chi connectivity index (χ1n) is 9.73. The molecule has 0 bridgehead atoms. The van der Waals surface area contributed by atoms with Crippen molar-refractivity contribution in [2.75, 3.05) is 0 Å². The molecule has 1 N–H and O–H groups in total. The lowest BCUT2D eigenvalue weighted by molar-refractivity contribution is 0.247. The number of para-hydroxylation sites is 1. The fourth-order valence-corrected chi connectivity index (χ4v) is 5.67. The Morgan fingerprint density at radius 3 is 2.36 bits per heavy atom. The number of H-pyrrole nitrogens is 1. The van der Waals surface area contributed by atoms with Gasteiger partial charge in [0.05, 0.1) is 4.90 Å². The Labute approximate surface area is 165 Å². The molecule has 146 valence electrons. The summed E-state index contributed by atoms with van der Waals surface area (Å²) in [6.45, 7) is 0.0854. The van der Waals surface area contributed by atoms with E-state index in [4.69, 9.17) is 0 Å². The molecule has 0 aliphatic heterocycles. The lowest BCUT2D eigenvalue weighted by Crippen LogP contribution is -2.42. The van der Waals surface area contributed by atoms with E-state index < -0.39 is 10.0 Å². The number of fused-ring (bicyclic) bond motifs is 1. The summed E-state index contributed by atoms with van der Waals surface area (Å²) in [5, 5.41) is 0.901. The van der Waals surface area contributed by atoms with Gasteiger partial charge in [0.2, 0.25) is 10.0 Å². The molecule has 0 unspecified atom stereocenters. The minimum Gasteiger partial charge on any atom is -0.322 e. The van der Waals surface area contributed by atoms with Crippen LogP contribution in [0.25, 0.3) is 10.9 Å². The zero-order chi connectivity index (χ0) is 19.6. The van der Waals surface area contributed by atoms with E-state index in [1.807, 2.05) is 30.3 Å². The maximum atomic E-state index is 13.4. The molecule has 6 heteroatoms. The molecule has 3 aromatic rings. The third-order valence-corrected chi connectivity index (χ3v) is 7.40. The van der Waals surface area contributed by atoms with Gasteiger partial charge in [-0.3, -0.25) is 4.79 Å². The zero-order valence-electron chi connectivity index (χ0n) is 15.7. The Bertz CT molecular complexity index is 1120. The highest BCUT2D eigenvalue weighted by Gasteiger charge is 2.33. The number of rotatable bonds is 5. The van der Waals surface area contributed by atoms with E-state index in [1.165, 1.54) is 0 Å². The van der Waals surface area contributed by atoms with Crippen LogP contribution in [0.3, 0.4) is 0 Å². The predicted octanol–water partition coefficient (Wildman–Crippen LogP) is 4.05. The number of nitrogens with one attached hydrogen (secondary N) is 1. The summed E-state index contributed by atoms with van der Waals surface area (Å²) in [7, 11) is -3.69. The van der Waals surface area contributed by atoms with Gasteiger partial charge < -0.3 is 4.98 Å². The number of pyridine rings is 1. The minimum atomic E-state index is -3.69. The predicted molar refractivity (Wildman–Crippen MR) is 111 cm³/mol. The van der Waals surface area contributed by atoms with Crippen molar-refractivity contribution in [2.24, 2.45) is 0 Å². The summed E-state index contributed by atoms with van der Waals surface area (Å²) in [6.07, 6.45) is 4.82. The number of benzene rings is 2. The van der Waals surface area contributed by atoms with E-state index in [9.17, 15) is 13.2 Å². The Hall–Kier alpha value is -2.44. The topological polar surface area (TPSA) is 70.2 Å². The Morgan fingerprint density at radius 2 is 1.61 bits per heavy atom. The lowest BCUT2D eigenvalue weighted by Gasteiger charge is -2.33. The molecule has 1 heterocycles. The number of nitrogens with zero attached hydrogens (tertiary/aromatic N) is 1. The van der Waals surface area contributed by atoms with E-state index in [1.54, 1.807) is 34.6 Å². The van der Waals surface area contributed by atoms with Crippen molar-refractivity contribution in [3.8, 4) is 0 Å². The fraction of sp³-hybridized carbons (Fsp3) is 0.318. The van der Waals surface area contributed by atoms with Crippen molar-refractivity contribution in [3.05, 3.63) is 76.6 Å². The van der Waals surface area contributed by atoms with Crippen LogP contribution < -0.4 is 5.56 Å². The first kappa shape index (κ1) is 18.9. The summed E-state index contributed by atoms with van der Waals surface area (Å²) < 4.78 is 28.4. The highest BCUT2D eigenvalue weighted by atomic mass is 32.2. The molecule has 1 fully saturated rings. The molecule has 0 atom stereocenters. The van der Waals surface area contributed by atoms with Crippen LogP contribution in [0.15, 0.2) is 70.4 Å². The molecule has 1 aliphatic carbocycles. The van der Waals surface area contributed by atoms with E-state index in [0.29, 0.717) is 5.56 Å². The van der Waals surface area contributed by atoms with Gasteiger partial charge in [0.15, 0.2) is 0 Å². The highest BCUT2D eigenvalue weighted by molar-refractivity contribution is 7.89. The first-order valence-corrected chi connectivity index (χ1v) is 11.2. The van der Waals surface area contributed by atoms with Crippen LogP contribution in [0.5, 0.6) is 0 Å². The van der Waals surface area contributed by atoms with Crippen molar-refractivity contribution >= 4 is 20.9 Å². The van der Waals surface area contributed by atoms with Crippen LogP contribution in [0.4, 0.5) is 0 Å². The quantitative estimate of drug-likeness (QED) is 0.707. The monoisotopic (exact) mass is 396 g/mol. The van der Waals surface area contributed by atoms with Gasteiger partial charge in [-0.25, -0.2) is 8.42 Å². The van der Waals surface area contributed by atoms with Crippen molar-refractivity contribution in [1.82, 2.24) is 9.29 Å². The van der Waals surface area contributed by atoms with Gasteiger partial charge in [-0.05, 0) is 42.5 Å². The fourth-order valence-electron chi connectivity index (χ4n) is 3.99. The van der Waals surface area contributed by atoms with Gasteiger partial charge in [-0.2, -0.15) is 4.31 Å². The van der Waals surface area contributed by atoms with Crippen LogP contribution >= 0.6 is 0 Å². The Balaban J connectivity index is 1.76.